The van der Waals surface area contributed by atoms with Gasteiger partial charge in [0.2, 0.25) is 0 Å². The van der Waals surface area contributed by atoms with Crippen molar-refractivity contribution in [2.45, 2.75) is 13.0 Å². The second-order valence-electron chi connectivity index (χ2n) is 5.47. The minimum absolute atomic E-state index is 0.0432. The Morgan fingerprint density at radius 3 is 2.60 bits per heavy atom. The maximum atomic E-state index is 12.9. The van der Waals surface area contributed by atoms with Gasteiger partial charge in [-0.05, 0) is 25.1 Å². The van der Waals surface area contributed by atoms with Crippen molar-refractivity contribution in [2.75, 3.05) is 19.0 Å². The quantitative estimate of drug-likeness (QED) is 0.591. The molecule has 3 N–H and O–H groups in total. The van der Waals surface area contributed by atoms with Crippen molar-refractivity contribution in [3.63, 3.8) is 0 Å². The lowest BCUT2D eigenvalue weighted by atomic mass is 10.1. The number of nitrogens with two attached hydrogens (primary N) is 1. The molecule has 2 aromatic carbocycles. The molecule has 0 radical (unpaired) electrons. The van der Waals surface area contributed by atoms with E-state index in [1.165, 1.54) is 37.4 Å². The molecule has 0 spiro atoms. The zero-order valence-corrected chi connectivity index (χ0v) is 13.9. The molecule has 2 aromatic rings. The Labute approximate surface area is 144 Å². The SMILES string of the molecule is COc1ccc([N+](=O)[O-])cc1NC(=O)C[NH2+][C@H](C)c1ccc(F)cc1. The van der Waals surface area contributed by atoms with Crippen LogP contribution in [0.2, 0.25) is 0 Å². The van der Waals surface area contributed by atoms with E-state index in [0.29, 0.717) is 5.75 Å². The Morgan fingerprint density at radius 1 is 1.32 bits per heavy atom. The van der Waals surface area contributed by atoms with Gasteiger partial charge in [-0.3, -0.25) is 14.9 Å². The molecule has 0 heterocycles. The number of hydrogen-bond acceptors (Lipinski definition) is 4. The molecule has 1 atom stereocenters. The summed E-state index contributed by atoms with van der Waals surface area (Å²) in [5.74, 6) is -0.301. The van der Waals surface area contributed by atoms with Gasteiger partial charge in [-0.15, -0.1) is 0 Å². The smallest absolute Gasteiger partial charge is 0.279 e. The highest BCUT2D eigenvalue weighted by Gasteiger charge is 2.16. The minimum Gasteiger partial charge on any atom is -0.495 e. The monoisotopic (exact) mass is 348 g/mol. The molecule has 0 aliphatic carbocycles. The Kier molecular flexibility index (Phi) is 6.02. The summed E-state index contributed by atoms with van der Waals surface area (Å²) in [6.45, 7) is 2.00. The van der Waals surface area contributed by atoms with Crippen LogP contribution in [0.4, 0.5) is 15.8 Å². The van der Waals surface area contributed by atoms with E-state index in [2.05, 4.69) is 5.32 Å². The van der Waals surface area contributed by atoms with Crippen molar-refractivity contribution in [2.24, 2.45) is 0 Å². The number of non-ortho nitro benzene ring substituents is 1. The first-order valence-corrected chi connectivity index (χ1v) is 7.61. The Morgan fingerprint density at radius 2 is 2.00 bits per heavy atom. The van der Waals surface area contributed by atoms with Crippen molar-refractivity contribution in [1.29, 1.82) is 0 Å². The molecular weight excluding hydrogens is 329 g/mol. The molecule has 7 nitrogen and oxygen atoms in total. The van der Waals surface area contributed by atoms with Gasteiger partial charge in [-0.2, -0.15) is 0 Å². The maximum absolute atomic E-state index is 12.9. The number of ether oxygens (including phenoxy) is 1. The summed E-state index contributed by atoms with van der Waals surface area (Å²) in [6.07, 6.45) is 0. The van der Waals surface area contributed by atoms with E-state index in [0.717, 1.165) is 5.56 Å². The molecule has 1 amide bonds. The molecular formula is C17H19FN3O4+. The van der Waals surface area contributed by atoms with E-state index in [1.807, 2.05) is 6.92 Å². The molecule has 0 saturated heterocycles. The van der Waals surface area contributed by atoms with E-state index in [9.17, 15) is 19.3 Å². The van der Waals surface area contributed by atoms with Crippen LogP contribution in [-0.2, 0) is 4.79 Å². The average molecular weight is 348 g/mol. The van der Waals surface area contributed by atoms with Gasteiger partial charge in [-0.25, -0.2) is 4.39 Å². The molecule has 2 rings (SSSR count). The number of anilines is 1. The number of halogens is 1. The molecule has 0 bridgehead atoms. The standard InChI is InChI=1S/C17H18FN3O4/c1-11(12-3-5-13(18)6-4-12)19-10-17(22)20-15-9-14(21(23)24)7-8-16(15)25-2/h3-9,11,19H,10H2,1-2H3,(H,20,22)/p+1/t11-/m1/s1. The Balaban J connectivity index is 1.99. The van der Waals surface area contributed by atoms with Crippen LogP contribution >= 0.6 is 0 Å². The highest BCUT2D eigenvalue weighted by Crippen LogP contribution is 2.28. The van der Waals surface area contributed by atoms with Crippen LogP contribution in [-0.4, -0.2) is 24.5 Å². The number of hydrogen-bond donors (Lipinski definition) is 2. The van der Waals surface area contributed by atoms with Crippen LogP contribution < -0.4 is 15.4 Å². The summed E-state index contributed by atoms with van der Waals surface area (Å²) in [6, 6.07) is 10.0. The second kappa shape index (κ2) is 8.20. The number of carbonyl (C=O) groups excluding carboxylic acids is 1. The summed E-state index contributed by atoms with van der Waals surface area (Å²) in [5, 5.41) is 15.3. The summed E-state index contributed by atoms with van der Waals surface area (Å²) in [7, 11) is 1.42. The predicted molar refractivity (Wildman–Crippen MR) is 89.9 cm³/mol. The number of rotatable bonds is 7. The first kappa shape index (κ1) is 18.3. The van der Waals surface area contributed by atoms with Crippen LogP contribution in [0.3, 0.4) is 0 Å². The summed E-state index contributed by atoms with van der Waals surface area (Å²) >= 11 is 0. The zero-order chi connectivity index (χ0) is 18.4. The first-order valence-electron chi connectivity index (χ1n) is 7.61. The number of benzene rings is 2. The average Bonchev–Trinajstić information content (AvgIpc) is 2.60. The topological polar surface area (TPSA) is 98.1 Å². The highest BCUT2D eigenvalue weighted by atomic mass is 19.1. The van der Waals surface area contributed by atoms with Gasteiger partial charge < -0.3 is 15.4 Å². The third-order valence-electron chi connectivity index (χ3n) is 3.72. The highest BCUT2D eigenvalue weighted by molar-refractivity contribution is 5.93. The fourth-order valence-electron chi connectivity index (χ4n) is 2.29. The van der Waals surface area contributed by atoms with Crippen molar-refractivity contribution in [3.8, 4) is 5.75 Å². The Hall–Kier alpha value is -3.00. The van der Waals surface area contributed by atoms with Gasteiger partial charge in [0, 0.05) is 17.7 Å². The van der Waals surface area contributed by atoms with E-state index < -0.39 is 4.92 Å². The number of carbonyl (C=O) groups is 1. The van der Waals surface area contributed by atoms with E-state index in [1.54, 1.807) is 17.4 Å². The molecule has 0 aliphatic rings. The summed E-state index contributed by atoms with van der Waals surface area (Å²) in [5.41, 5.74) is 0.992. The minimum atomic E-state index is -0.544. The molecule has 132 valence electrons. The largest absolute Gasteiger partial charge is 0.495 e. The van der Waals surface area contributed by atoms with Crippen molar-refractivity contribution >= 4 is 17.3 Å². The number of nitrogens with one attached hydrogen (secondary N) is 1. The molecule has 8 heteroatoms. The van der Waals surface area contributed by atoms with Gasteiger partial charge in [0.1, 0.15) is 17.6 Å². The van der Waals surface area contributed by atoms with Crippen LogP contribution in [0.5, 0.6) is 5.75 Å². The van der Waals surface area contributed by atoms with Crippen LogP contribution in [0.25, 0.3) is 0 Å². The third-order valence-corrected chi connectivity index (χ3v) is 3.72. The second-order valence-corrected chi connectivity index (χ2v) is 5.47. The van der Waals surface area contributed by atoms with E-state index in [4.69, 9.17) is 4.74 Å². The summed E-state index contributed by atoms with van der Waals surface area (Å²) in [4.78, 5) is 22.4. The van der Waals surface area contributed by atoms with Gasteiger partial charge >= 0.3 is 0 Å². The van der Waals surface area contributed by atoms with Gasteiger partial charge in [0.25, 0.3) is 11.6 Å². The fraction of sp³-hybridized carbons (Fsp3) is 0.235. The normalized spacial score (nSPS) is 11.6. The molecule has 0 unspecified atom stereocenters. The van der Waals surface area contributed by atoms with Gasteiger partial charge in [0.05, 0.1) is 17.7 Å². The number of nitro benzene ring substituents is 1. The van der Waals surface area contributed by atoms with Crippen LogP contribution in [0.1, 0.15) is 18.5 Å². The lowest BCUT2D eigenvalue weighted by Gasteiger charge is -2.12. The maximum Gasteiger partial charge on any atom is 0.279 e. The van der Waals surface area contributed by atoms with Gasteiger partial charge in [-0.1, -0.05) is 12.1 Å². The van der Waals surface area contributed by atoms with Crippen molar-refractivity contribution in [1.82, 2.24) is 0 Å². The number of nitro groups is 1. The molecule has 0 aliphatic heterocycles. The number of amides is 1. The van der Waals surface area contributed by atoms with Crippen LogP contribution in [0.15, 0.2) is 42.5 Å². The number of quaternary nitrogens is 1. The predicted octanol–water partition coefficient (Wildman–Crippen LogP) is 2.01. The Bertz CT molecular complexity index is 765. The van der Waals surface area contributed by atoms with Gasteiger partial charge in [0.15, 0.2) is 6.54 Å². The first-order chi connectivity index (χ1) is 11.9. The van der Waals surface area contributed by atoms with Crippen molar-refractivity contribution < 1.29 is 24.2 Å². The lowest BCUT2D eigenvalue weighted by Crippen LogP contribution is -2.86. The number of methoxy groups -OCH3 is 1. The molecule has 25 heavy (non-hydrogen) atoms. The third kappa shape index (κ3) is 4.98. The lowest BCUT2D eigenvalue weighted by molar-refractivity contribution is -0.682. The molecule has 0 saturated carbocycles. The summed E-state index contributed by atoms with van der Waals surface area (Å²) < 4.78 is 18.0. The van der Waals surface area contributed by atoms with E-state index >= 15 is 0 Å². The molecule has 0 aromatic heterocycles. The number of nitrogens with zero attached hydrogens (tertiary/aromatic N) is 1. The zero-order valence-electron chi connectivity index (χ0n) is 13.9. The molecule has 0 fully saturated rings. The van der Waals surface area contributed by atoms with Crippen LogP contribution in [0, 0.1) is 15.9 Å². The fourth-order valence-corrected chi connectivity index (χ4v) is 2.29. The van der Waals surface area contributed by atoms with Crippen molar-refractivity contribution in [3.05, 3.63) is 64.0 Å². The van der Waals surface area contributed by atoms with E-state index in [-0.39, 0.29) is 35.7 Å².